The molecule has 0 spiro atoms. The predicted octanol–water partition coefficient (Wildman–Crippen LogP) is 4.69. The third-order valence-electron chi connectivity index (χ3n) is 5.81. The number of benzene rings is 3. The van der Waals surface area contributed by atoms with Crippen LogP contribution in [0.25, 0.3) is 6.08 Å². The zero-order valence-corrected chi connectivity index (χ0v) is 23.8. The van der Waals surface area contributed by atoms with Crippen LogP contribution in [0.15, 0.2) is 71.6 Å². The van der Waals surface area contributed by atoms with E-state index >= 15 is 0 Å². The van der Waals surface area contributed by atoms with E-state index in [1.807, 2.05) is 6.92 Å². The zero-order chi connectivity index (χ0) is 30.9. The van der Waals surface area contributed by atoms with Gasteiger partial charge in [0, 0.05) is 23.5 Å². The number of nitrogens with one attached hydrogen (secondary N) is 2. The fraction of sp³-hybridized carbons (Fsp3) is 0.172. The SMILES string of the molecule is CCOc1ccc(NC(=O)CN2C(=O)S/C(=C\c3ccc(OCC(=O)Nc4cccc([N+](=O)[O-])c4)c(OC)c3)C2=O)cc1. The Morgan fingerprint density at radius 2 is 1.70 bits per heavy atom. The molecule has 43 heavy (non-hydrogen) atoms. The second-order valence-electron chi connectivity index (χ2n) is 8.83. The van der Waals surface area contributed by atoms with E-state index in [1.54, 1.807) is 36.4 Å². The van der Waals surface area contributed by atoms with E-state index < -0.39 is 41.0 Å². The number of carbonyl (C=O) groups excluding carboxylic acids is 4. The molecule has 3 aromatic rings. The van der Waals surface area contributed by atoms with Gasteiger partial charge in [0.1, 0.15) is 12.3 Å². The molecular weight excluding hydrogens is 580 g/mol. The number of hydrogen-bond donors (Lipinski definition) is 2. The molecule has 1 heterocycles. The Balaban J connectivity index is 1.35. The number of nitro groups is 1. The molecule has 0 unspecified atom stereocenters. The molecule has 0 aromatic heterocycles. The Morgan fingerprint density at radius 1 is 0.953 bits per heavy atom. The summed E-state index contributed by atoms with van der Waals surface area (Å²) in [6, 6.07) is 16.9. The van der Waals surface area contributed by atoms with Crippen LogP contribution in [0.2, 0.25) is 0 Å². The number of imide groups is 1. The van der Waals surface area contributed by atoms with E-state index in [0.717, 1.165) is 4.90 Å². The number of methoxy groups -OCH3 is 1. The first-order valence-corrected chi connectivity index (χ1v) is 13.6. The van der Waals surface area contributed by atoms with Gasteiger partial charge in [-0.05, 0) is 72.8 Å². The van der Waals surface area contributed by atoms with Crippen LogP contribution in [0.4, 0.5) is 21.9 Å². The number of nitrogens with zero attached hydrogens (tertiary/aromatic N) is 2. The quantitative estimate of drug-likeness (QED) is 0.168. The number of rotatable bonds is 12. The lowest BCUT2D eigenvalue weighted by atomic mass is 10.2. The minimum Gasteiger partial charge on any atom is -0.494 e. The third-order valence-corrected chi connectivity index (χ3v) is 6.72. The van der Waals surface area contributed by atoms with Crippen LogP contribution in [0, 0.1) is 10.1 Å². The van der Waals surface area contributed by atoms with Crippen molar-refractivity contribution >= 4 is 57.9 Å². The van der Waals surface area contributed by atoms with Crippen LogP contribution in [0.5, 0.6) is 17.2 Å². The lowest BCUT2D eigenvalue weighted by Gasteiger charge is -2.13. The zero-order valence-electron chi connectivity index (χ0n) is 23.0. The number of anilines is 2. The van der Waals surface area contributed by atoms with Crippen molar-refractivity contribution < 1.29 is 38.3 Å². The number of non-ortho nitro benzene ring substituents is 1. The van der Waals surface area contributed by atoms with Gasteiger partial charge in [-0.15, -0.1) is 0 Å². The van der Waals surface area contributed by atoms with E-state index in [1.165, 1.54) is 43.5 Å². The Bertz CT molecular complexity index is 1590. The number of thioether (sulfide) groups is 1. The molecule has 4 amide bonds. The topological polar surface area (TPSA) is 166 Å². The summed E-state index contributed by atoms with van der Waals surface area (Å²) >= 11 is 0.703. The standard InChI is InChI=1S/C29H26N4O9S/c1-3-41-22-10-8-19(9-11-22)30-26(34)16-32-28(36)25(43-29(32)37)14-18-7-12-23(24(13-18)40-2)42-17-27(35)31-20-5-4-6-21(15-20)33(38)39/h4-15H,3,16-17H2,1-2H3,(H,30,34)(H,31,35)/b25-14-. The monoisotopic (exact) mass is 606 g/mol. The molecule has 2 N–H and O–H groups in total. The first-order valence-electron chi connectivity index (χ1n) is 12.8. The molecule has 4 rings (SSSR count). The number of carbonyl (C=O) groups is 4. The van der Waals surface area contributed by atoms with Gasteiger partial charge >= 0.3 is 0 Å². The van der Waals surface area contributed by atoms with Crippen LogP contribution >= 0.6 is 11.8 Å². The minimum absolute atomic E-state index is 0.117. The fourth-order valence-corrected chi connectivity index (χ4v) is 4.70. The van der Waals surface area contributed by atoms with Gasteiger partial charge in [0.25, 0.3) is 22.7 Å². The first kappa shape index (κ1) is 30.6. The number of nitro benzene ring substituents is 1. The summed E-state index contributed by atoms with van der Waals surface area (Å²) in [5.74, 6) is -0.568. The van der Waals surface area contributed by atoms with Crippen LogP contribution in [0.3, 0.4) is 0 Å². The van der Waals surface area contributed by atoms with Crippen molar-refractivity contribution in [3.05, 3.63) is 87.3 Å². The molecule has 222 valence electrons. The summed E-state index contributed by atoms with van der Waals surface area (Å²) in [5, 5.41) is 15.5. The molecule has 0 radical (unpaired) electrons. The fourth-order valence-electron chi connectivity index (χ4n) is 3.86. The summed E-state index contributed by atoms with van der Waals surface area (Å²) in [5.41, 5.74) is 1.08. The van der Waals surface area contributed by atoms with Gasteiger partial charge in [0.05, 0.1) is 23.5 Å². The van der Waals surface area contributed by atoms with Gasteiger partial charge in [-0.2, -0.15) is 0 Å². The molecule has 0 atom stereocenters. The lowest BCUT2D eigenvalue weighted by molar-refractivity contribution is -0.384. The number of ether oxygens (including phenoxy) is 3. The molecule has 13 nitrogen and oxygen atoms in total. The normalized spacial score (nSPS) is 13.5. The molecule has 3 aromatic carbocycles. The van der Waals surface area contributed by atoms with Gasteiger partial charge in [0.15, 0.2) is 18.1 Å². The molecular formula is C29H26N4O9S. The number of amides is 4. The highest BCUT2D eigenvalue weighted by Crippen LogP contribution is 2.34. The van der Waals surface area contributed by atoms with E-state index in [9.17, 15) is 29.3 Å². The largest absolute Gasteiger partial charge is 0.494 e. The summed E-state index contributed by atoms with van der Waals surface area (Å²) in [7, 11) is 1.39. The maximum Gasteiger partial charge on any atom is 0.294 e. The predicted molar refractivity (Wildman–Crippen MR) is 159 cm³/mol. The van der Waals surface area contributed by atoms with Crippen molar-refractivity contribution in [3.8, 4) is 17.2 Å². The van der Waals surface area contributed by atoms with Crippen molar-refractivity contribution in [2.45, 2.75) is 6.92 Å². The smallest absolute Gasteiger partial charge is 0.294 e. The van der Waals surface area contributed by atoms with Gasteiger partial charge in [-0.1, -0.05) is 12.1 Å². The Kier molecular flexibility index (Phi) is 9.96. The van der Waals surface area contributed by atoms with E-state index in [4.69, 9.17) is 14.2 Å². The second-order valence-corrected chi connectivity index (χ2v) is 9.82. The van der Waals surface area contributed by atoms with Gasteiger partial charge in [-0.3, -0.25) is 34.2 Å². The average molecular weight is 607 g/mol. The highest BCUT2D eigenvalue weighted by Gasteiger charge is 2.36. The van der Waals surface area contributed by atoms with Crippen molar-refractivity contribution in [2.24, 2.45) is 0 Å². The minimum atomic E-state index is -0.617. The third kappa shape index (κ3) is 8.10. The van der Waals surface area contributed by atoms with Gasteiger partial charge in [0.2, 0.25) is 5.91 Å². The summed E-state index contributed by atoms with van der Waals surface area (Å²) in [6.45, 7) is 1.51. The maximum atomic E-state index is 12.9. The van der Waals surface area contributed by atoms with Crippen molar-refractivity contribution in [1.82, 2.24) is 4.90 Å². The number of hydrogen-bond acceptors (Lipinski definition) is 10. The molecule has 14 heteroatoms. The maximum absolute atomic E-state index is 12.9. The second kappa shape index (κ2) is 14.0. The summed E-state index contributed by atoms with van der Waals surface area (Å²) in [4.78, 5) is 61.6. The Hall–Kier alpha value is -5.37. The molecule has 0 saturated carbocycles. The van der Waals surface area contributed by atoms with Gasteiger partial charge in [-0.25, -0.2) is 0 Å². The Labute approximate surface area is 249 Å². The van der Waals surface area contributed by atoms with Crippen LogP contribution in [0.1, 0.15) is 12.5 Å². The van der Waals surface area contributed by atoms with Gasteiger partial charge < -0.3 is 24.8 Å². The van der Waals surface area contributed by atoms with Crippen LogP contribution in [-0.2, 0) is 14.4 Å². The van der Waals surface area contributed by atoms with Crippen molar-refractivity contribution in [2.75, 3.05) is 37.5 Å². The molecule has 1 saturated heterocycles. The van der Waals surface area contributed by atoms with E-state index in [0.29, 0.717) is 35.4 Å². The first-order chi connectivity index (χ1) is 20.7. The van der Waals surface area contributed by atoms with Crippen LogP contribution in [-0.4, -0.2) is 59.7 Å². The van der Waals surface area contributed by atoms with Crippen LogP contribution < -0.4 is 24.8 Å². The summed E-state index contributed by atoms with van der Waals surface area (Å²) < 4.78 is 16.3. The molecule has 1 aliphatic rings. The van der Waals surface area contributed by atoms with Crippen molar-refractivity contribution in [1.29, 1.82) is 0 Å². The van der Waals surface area contributed by atoms with Crippen molar-refractivity contribution in [3.63, 3.8) is 0 Å². The Morgan fingerprint density at radius 3 is 2.40 bits per heavy atom. The van der Waals surface area contributed by atoms with E-state index in [-0.39, 0.29) is 27.8 Å². The molecule has 1 aliphatic heterocycles. The highest BCUT2D eigenvalue weighted by atomic mass is 32.2. The summed E-state index contributed by atoms with van der Waals surface area (Å²) in [6.07, 6.45) is 1.48. The van der Waals surface area contributed by atoms with E-state index in [2.05, 4.69) is 10.6 Å². The molecule has 0 bridgehead atoms. The average Bonchev–Trinajstić information content (AvgIpc) is 3.24. The molecule has 1 fully saturated rings. The highest BCUT2D eigenvalue weighted by molar-refractivity contribution is 8.18. The lowest BCUT2D eigenvalue weighted by Crippen LogP contribution is -2.36. The molecule has 0 aliphatic carbocycles.